The minimum Gasteiger partial charge on any atom is -0.389 e. The fraction of sp³-hybridized carbons (Fsp3) is 0.250. The van der Waals surface area contributed by atoms with Gasteiger partial charge >= 0.3 is 0 Å². The Morgan fingerprint density at radius 2 is 2.22 bits per heavy atom. The van der Waals surface area contributed by atoms with Crippen LogP contribution >= 0.6 is 11.8 Å². The number of aliphatic hydroxyl groups is 1. The van der Waals surface area contributed by atoms with Gasteiger partial charge in [-0.25, -0.2) is 9.97 Å². The number of aliphatic hydroxyl groups excluding tert-OH is 1. The highest BCUT2D eigenvalue weighted by Gasteiger charge is 2.05. The molecular weight excluding hydrogens is 250 g/mol. The number of H-pyrrole nitrogens is 1. The zero-order chi connectivity index (χ0) is 13.1. The van der Waals surface area contributed by atoms with Gasteiger partial charge in [-0.1, -0.05) is 6.07 Å². The third-order valence-corrected chi connectivity index (χ3v) is 3.13. The lowest BCUT2D eigenvalue weighted by Gasteiger charge is -2.05. The molecule has 0 bridgehead atoms. The van der Waals surface area contributed by atoms with Gasteiger partial charge in [-0.3, -0.25) is 4.79 Å². The molecule has 2 heterocycles. The number of hydrogen-bond acceptors (Lipinski definition) is 5. The van der Waals surface area contributed by atoms with Crippen molar-refractivity contribution in [3.63, 3.8) is 0 Å². The SMILES string of the molecule is Cc1cc(=O)[nH]c(Sc2ccc([C@@H](C)O)cn2)n1. The number of aryl methyl sites for hydroxylation is 1. The summed E-state index contributed by atoms with van der Waals surface area (Å²) in [6.07, 6.45) is 1.08. The summed E-state index contributed by atoms with van der Waals surface area (Å²) >= 11 is 1.28. The van der Waals surface area contributed by atoms with E-state index in [1.165, 1.54) is 17.8 Å². The standard InChI is InChI=1S/C12H13N3O2S/c1-7-5-10(17)15-12(14-7)18-11-4-3-9(6-13-11)8(2)16/h3-6,8,16H,1-2H3,(H,14,15,17)/t8-/m1/s1. The van der Waals surface area contributed by atoms with E-state index in [1.807, 2.05) is 0 Å². The maximum Gasteiger partial charge on any atom is 0.251 e. The predicted molar refractivity (Wildman–Crippen MR) is 68.6 cm³/mol. The molecule has 0 aliphatic rings. The maximum absolute atomic E-state index is 11.3. The van der Waals surface area contributed by atoms with Crippen LogP contribution in [0.1, 0.15) is 24.3 Å². The van der Waals surface area contributed by atoms with Gasteiger partial charge in [-0.05, 0) is 37.2 Å². The second-order valence-corrected chi connectivity index (χ2v) is 4.91. The van der Waals surface area contributed by atoms with Gasteiger partial charge in [0.25, 0.3) is 5.56 Å². The number of aromatic amines is 1. The Morgan fingerprint density at radius 3 is 2.78 bits per heavy atom. The van der Waals surface area contributed by atoms with E-state index in [4.69, 9.17) is 0 Å². The fourth-order valence-corrected chi connectivity index (χ4v) is 2.18. The first-order chi connectivity index (χ1) is 8.54. The van der Waals surface area contributed by atoms with E-state index in [-0.39, 0.29) is 5.56 Å². The van der Waals surface area contributed by atoms with Crippen molar-refractivity contribution in [2.45, 2.75) is 30.1 Å². The molecule has 5 nitrogen and oxygen atoms in total. The minimum atomic E-state index is -0.534. The van der Waals surface area contributed by atoms with Gasteiger partial charge in [0.2, 0.25) is 0 Å². The average molecular weight is 263 g/mol. The largest absolute Gasteiger partial charge is 0.389 e. The lowest BCUT2D eigenvalue weighted by Crippen LogP contribution is -2.08. The Bertz CT molecular complexity index is 593. The van der Waals surface area contributed by atoms with Crippen molar-refractivity contribution in [2.75, 3.05) is 0 Å². The highest BCUT2D eigenvalue weighted by atomic mass is 32.2. The van der Waals surface area contributed by atoms with Gasteiger partial charge < -0.3 is 10.1 Å². The van der Waals surface area contributed by atoms with Gasteiger partial charge in [-0.15, -0.1) is 0 Å². The minimum absolute atomic E-state index is 0.175. The van der Waals surface area contributed by atoms with Crippen molar-refractivity contribution in [3.8, 4) is 0 Å². The number of nitrogens with zero attached hydrogens (tertiary/aromatic N) is 2. The highest BCUT2D eigenvalue weighted by Crippen LogP contribution is 2.22. The Kier molecular flexibility index (Phi) is 3.78. The van der Waals surface area contributed by atoms with Crippen LogP contribution in [0.2, 0.25) is 0 Å². The Hall–Kier alpha value is -1.66. The van der Waals surface area contributed by atoms with E-state index >= 15 is 0 Å². The van der Waals surface area contributed by atoms with E-state index < -0.39 is 6.10 Å². The van der Waals surface area contributed by atoms with E-state index in [9.17, 15) is 9.90 Å². The molecule has 0 saturated carbocycles. The molecule has 0 unspecified atom stereocenters. The van der Waals surface area contributed by atoms with Crippen LogP contribution < -0.4 is 5.56 Å². The second kappa shape index (κ2) is 5.32. The van der Waals surface area contributed by atoms with Crippen LogP contribution in [0, 0.1) is 6.92 Å². The molecule has 2 N–H and O–H groups in total. The van der Waals surface area contributed by atoms with E-state index in [0.717, 1.165) is 5.56 Å². The normalized spacial score (nSPS) is 12.4. The van der Waals surface area contributed by atoms with Gasteiger partial charge in [-0.2, -0.15) is 0 Å². The Morgan fingerprint density at radius 1 is 1.44 bits per heavy atom. The zero-order valence-electron chi connectivity index (χ0n) is 10.0. The first-order valence-corrected chi connectivity index (χ1v) is 6.26. The van der Waals surface area contributed by atoms with Crippen LogP contribution in [0.3, 0.4) is 0 Å². The van der Waals surface area contributed by atoms with Crippen molar-refractivity contribution in [3.05, 3.63) is 46.0 Å². The molecule has 0 fully saturated rings. The molecule has 2 aromatic heterocycles. The summed E-state index contributed by atoms with van der Waals surface area (Å²) in [5.41, 5.74) is 1.25. The molecule has 0 aromatic carbocycles. The number of aromatic nitrogens is 3. The van der Waals surface area contributed by atoms with Crippen LogP contribution in [-0.4, -0.2) is 20.1 Å². The monoisotopic (exact) mass is 263 g/mol. The molecule has 2 rings (SSSR count). The molecule has 6 heteroatoms. The Balaban J connectivity index is 2.20. The third-order valence-electron chi connectivity index (χ3n) is 2.29. The first-order valence-electron chi connectivity index (χ1n) is 5.44. The number of pyridine rings is 1. The number of rotatable bonds is 3. The molecule has 0 saturated heterocycles. The second-order valence-electron chi connectivity index (χ2n) is 3.90. The third kappa shape index (κ3) is 3.18. The summed E-state index contributed by atoms with van der Waals surface area (Å²) < 4.78 is 0. The molecule has 0 aliphatic carbocycles. The molecule has 0 spiro atoms. The molecule has 0 amide bonds. The predicted octanol–water partition coefficient (Wildman–Crippen LogP) is 1.68. The average Bonchev–Trinajstić information content (AvgIpc) is 2.28. The van der Waals surface area contributed by atoms with Gasteiger partial charge in [0.1, 0.15) is 5.03 Å². The molecule has 1 atom stereocenters. The van der Waals surface area contributed by atoms with Crippen molar-refractivity contribution in [1.82, 2.24) is 15.0 Å². The summed E-state index contributed by atoms with van der Waals surface area (Å²) in [4.78, 5) is 22.3. The lowest BCUT2D eigenvalue weighted by molar-refractivity contribution is 0.198. The van der Waals surface area contributed by atoms with E-state index in [2.05, 4.69) is 15.0 Å². The summed E-state index contributed by atoms with van der Waals surface area (Å²) in [7, 11) is 0. The van der Waals surface area contributed by atoms with Crippen LogP contribution in [-0.2, 0) is 0 Å². The summed E-state index contributed by atoms with van der Waals surface area (Å²) in [5.74, 6) is 0. The molecule has 0 radical (unpaired) electrons. The van der Waals surface area contributed by atoms with E-state index in [0.29, 0.717) is 15.9 Å². The van der Waals surface area contributed by atoms with Crippen LogP contribution in [0.25, 0.3) is 0 Å². The molecule has 94 valence electrons. The molecular formula is C12H13N3O2S. The summed E-state index contributed by atoms with van der Waals surface area (Å²) in [6.45, 7) is 3.45. The van der Waals surface area contributed by atoms with Crippen LogP contribution in [0.4, 0.5) is 0 Å². The van der Waals surface area contributed by atoms with Gasteiger partial charge in [0, 0.05) is 18.0 Å². The quantitative estimate of drug-likeness (QED) is 0.824. The fourth-order valence-electron chi connectivity index (χ4n) is 1.40. The number of hydrogen-bond donors (Lipinski definition) is 2. The topological polar surface area (TPSA) is 78.9 Å². The van der Waals surface area contributed by atoms with Crippen molar-refractivity contribution in [1.29, 1.82) is 0 Å². The maximum atomic E-state index is 11.3. The first kappa shape index (κ1) is 12.8. The summed E-state index contributed by atoms with van der Waals surface area (Å²) in [6, 6.07) is 5.02. The van der Waals surface area contributed by atoms with Gasteiger partial charge in [0.15, 0.2) is 5.16 Å². The van der Waals surface area contributed by atoms with Crippen molar-refractivity contribution in [2.24, 2.45) is 0 Å². The highest BCUT2D eigenvalue weighted by molar-refractivity contribution is 7.99. The Labute approximate surface area is 108 Å². The number of nitrogens with one attached hydrogen (secondary N) is 1. The van der Waals surface area contributed by atoms with Crippen LogP contribution in [0.15, 0.2) is 39.4 Å². The van der Waals surface area contributed by atoms with Crippen molar-refractivity contribution >= 4 is 11.8 Å². The van der Waals surface area contributed by atoms with Crippen LogP contribution in [0.5, 0.6) is 0 Å². The molecule has 0 aliphatic heterocycles. The zero-order valence-corrected chi connectivity index (χ0v) is 10.9. The molecule has 18 heavy (non-hydrogen) atoms. The van der Waals surface area contributed by atoms with Crippen molar-refractivity contribution < 1.29 is 5.11 Å². The molecule has 2 aromatic rings. The summed E-state index contributed by atoms with van der Waals surface area (Å²) in [5, 5.41) is 10.6. The van der Waals surface area contributed by atoms with E-state index in [1.54, 1.807) is 32.2 Å². The smallest absolute Gasteiger partial charge is 0.251 e. The lowest BCUT2D eigenvalue weighted by atomic mass is 10.2. The van der Waals surface area contributed by atoms with Gasteiger partial charge in [0.05, 0.1) is 6.10 Å².